The highest BCUT2D eigenvalue weighted by Crippen LogP contribution is 2.27. The number of hydrogen-bond donors (Lipinski definition) is 0. The molecule has 0 aromatic heterocycles. The normalized spacial score (nSPS) is 14.8. The summed E-state index contributed by atoms with van der Waals surface area (Å²) in [6.07, 6.45) is 5.31. The molecule has 0 atom stereocenters. The maximum atomic E-state index is 12.1. The van der Waals surface area contributed by atoms with Gasteiger partial charge in [0.05, 0.1) is 18.1 Å². The van der Waals surface area contributed by atoms with E-state index in [2.05, 4.69) is 0 Å². The molecular weight excluding hydrogens is 348 g/mol. The molecule has 0 saturated heterocycles. The van der Waals surface area contributed by atoms with Crippen LogP contribution in [0.1, 0.15) is 36.8 Å². The summed E-state index contributed by atoms with van der Waals surface area (Å²) in [5.74, 6) is 1.63. The van der Waals surface area contributed by atoms with Gasteiger partial charge in [0.15, 0.2) is 0 Å². The molecule has 0 radical (unpaired) electrons. The molecule has 1 aliphatic rings. The molecule has 4 nitrogen and oxygen atoms in total. The number of ether oxygens (including phenoxy) is 1. The molecule has 0 bridgehead atoms. The molecule has 0 heterocycles. The summed E-state index contributed by atoms with van der Waals surface area (Å²) in [6, 6.07) is 14.7. The monoisotopic (exact) mass is 374 g/mol. The average molecular weight is 375 g/mol. The van der Waals surface area contributed by atoms with Crippen molar-refractivity contribution in [3.05, 3.63) is 59.7 Å². The van der Waals surface area contributed by atoms with E-state index in [0.29, 0.717) is 6.42 Å². The van der Waals surface area contributed by atoms with Crippen LogP contribution in [0.25, 0.3) is 0 Å². The van der Waals surface area contributed by atoms with Crippen LogP contribution >= 0.6 is 0 Å². The van der Waals surface area contributed by atoms with E-state index in [9.17, 15) is 8.42 Å². The smallest absolute Gasteiger partial charge is 0.296 e. The summed E-state index contributed by atoms with van der Waals surface area (Å²) >= 11 is 0. The first-order valence-corrected chi connectivity index (χ1v) is 10.6. The van der Waals surface area contributed by atoms with Crippen molar-refractivity contribution in [3.63, 3.8) is 0 Å². The molecule has 0 N–H and O–H groups in total. The highest BCUT2D eigenvalue weighted by molar-refractivity contribution is 7.86. The van der Waals surface area contributed by atoms with Gasteiger partial charge in [-0.1, -0.05) is 36.2 Å². The Morgan fingerprint density at radius 1 is 1.00 bits per heavy atom. The van der Waals surface area contributed by atoms with Crippen LogP contribution in [0.15, 0.2) is 53.4 Å². The molecule has 2 aromatic carbocycles. The highest BCUT2D eigenvalue weighted by atomic mass is 32.2. The maximum Gasteiger partial charge on any atom is 0.296 e. The lowest BCUT2D eigenvalue weighted by molar-refractivity contribution is 0.180. The maximum absolute atomic E-state index is 12.1. The summed E-state index contributed by atoms with van der Waals surface area (Å²) in [5.41, 5.74) is 2.17. The van der Waals surface area contributed by atoms with Crippen molar-refractivity contribution in [2.24, 2.45) is 5.92 Å². The minimum atomic E-state index is -3.67. The fourth-order valence-corrected chi connectivity index (χ4v) is 3.79. The Balaban J connectivity index is 1.40. The van der Waals surface area contributed by atoms with E-state index in [4.69, 9.17) is 8.92 Å². The minimum absolute atomic E-state index is 0.177. The van der Waals surface area contributed by atoms with Gasteiger partial charge in [0, 0.05) is 0 Å². The zero-order valence-electron chi connectivity index (χ0n) is 15.2. The molecule has 2 aromatic rings. The molecule has 26 heavy (non-hydrogen) atoms. The van der Waals surface area contributed by atoms with Crippen LogP contribution < -0.4 is 4.74 Å². The van der Waals surface area contributed by atoms with Crippen molar-refractivity contribution in [2.75, 3.05) is 13.2 Å². The van der Waals surface area contributed by atoms with E-state index in [-0.39, 0.29) is 11.5 Å². The Morgan fingerprint density at radius 2 is 1.69 bits per heavy atom. The minimum Gasteiger partial charge on any atom is -0.493 e. The van der Waals surface area contributed by atoms with Gasteiger partial charge in [-0.05, 0) is 68.4 Å². The Kier molecular flexibility index (Phi) is 6.33. The van der Waals surface area contributed by atoms with Crippen molar-refractivity contribution in [3.8, 4) is 5.75 Å². The number of hydrogen-bond acceptors (Lipinski definition) is 4. The fourth-order valence-electron chi connectivity index (χ4n) is 2.84. The lowest BCUT2D eigenvalue weighted by Gasteiger charge is -2.25. The molecule has 0 spiro atoms. The summed E-state index contributed by atoms with van der Waals surface area (Å²) in [6.45, 7) is 2.90. The molecule has 1 fully saturated rings. The van der Waals surface area contributed by atoms with E-state index in [1.54, 1.807) is 24.3 Å². The first-order valence-electron chi connectivity index (χ1n) is 9.21. The van der Waals surface area contributed by atoms with E-state index < -0.39 is 10.1 Å². The van der Waals surface area contributed by atoms with Crippen LogP contribution in [-0.4, -0.2) is 21.6 Å². The Bertz CT molecular complexity index is 791. The lowest BCUT2D eigenvalue weighted by atomic mass is 9.86. The molecule has 140 valence electrons. The summed E-state index contributed by atoms with van der Waals surface area (Å²) in [4.78, 5) is 0.205. The SMILES string of the molecule is Cc1ccc(S(=O)(=O)OCCCc2ccc(OCC3CCC3)cc2)cc1. The zero-order valence-corrected chi connectivity index (χ0v) is 16.0. The van der Waals surface area contributed by atoms with Gasteiger partial charge in [0.25, 0.3) is 10.1 Å². The van der Waals surface area contributed by atoms with Crippen molar-refractivity contribution < 1.29 is 17.3 Å². The third kappa shape index (κ3) is 5.32. The lowest BCUT2D eigenvalue weighted by Crippen LogP contribution is -2.19. The van der Waals surface area contributed by atoms with Gasteiger partial charge < -0.3 is 4.74 Å². The van der Waals surface area contributed by atoms with E-state index in [0.717, 1.165) is 35.8 Å². The molecule has 0 amide bonds. The predicted octanol–water partition coefficient (Wildman–Crippen LogP) is 4.51. The Hall–Kier alpha value is -1.85. The van der Waals surface area contributed by atoms with Gasteiger partial charge in [-0.3, -0.25) is 4.18 Å². The molecule has 3 rings (SSSR count). The molecule has 1 saturated carbocycles. The van der Waals surface area contributed by atoms with Crippen LogP contribution in [-0.2, 0) is 20.7 Å². The fraction of sp³-hybridized carbons (Fsp3) is 0.429. The van der Waals surface area contributed by atoms with Crippen molar-refractivity contribution in [1.29, 1.82) is 0 Å². The number of rotatable bonds is 9. The Labute approximate surface area is 156 Å². The quantitative estimate of drug-likeness (QED) is 0.479. The first-order chi connectivity index (χ1) is 12.5. The van der Waals surface area contributed by atoms with Crippen LogP contribution in [0, 0.1) is 12.8 Å². The van der Waals surface area contributed by atoms with Crippen molar-refractivity contribution in [2.45, 2.75) is 43.9 Å². The van der Waals surface area contributed by atoms with E-state index in [1.807, 2.05) is 31.2 Å². The van der Waals surface area contributed by atoms with Crippen LogP contribution in [0.2, 0.25) is 0 Å². The second-order valence-corrected chi connectivity index (χ2v) is 8.56. The predicted molar refractivity (Wildman–Crippen MR) is 102 cm³/mol. The van der Waals surface area contributed by atoms with Gasteiger partial charge in [-0.2, -0.15) is 8.42 Å². The number of aryl methyl sites for hydroxylation is 2. The molecule has 5 heteroatoms. The third-order valence-corrected chi connectivity index (χ3v) is 6.12. The summed E-state index contributed by atoms with van der Waals surface area (Å²) in [5, 5.41) is 0. The van der Waals surface area contributed by atoms with Crippen LogP contribution in [0.4, 0.5) is 0 Å². The van der Waals surface area contributed by atoms with E-state index >= 15 is 0 Å². The summed E-state index contributed by atoms with van der Waals surface area (Å²) in [7, 11) is -3.67. The topological polar surface area (TPSA) is 52.6 Å². The summed E-state index contributed by atoms with van der Waals surface area (Å²) < 4.78 is 35.2. The number of benzene rings is 2. The molecule has 1 aliphatic carbocycles. The van der Waals surface area contributed by atoms with E-state index in [1.165, 1.54) is 19.3 Å². The second kappa shape index (κ2) is 8.69. The van der Waals surface area contributed by atoms with Crippen LogP contribution in [0.5, 0.6) is 5.75 Å². The zero-order chi connectivity index (χ0) is 18.4. The Morgan fingerprint density at radius 3 is 2.31 bits per heavy atom. The van der Waals surface area contributed by atoms with Crippen molar-refractivity contribution in [1.82, 2.24) is 0 Å². The average Bonchev–Trinajstić information content (AvgIpc) is 2.59. The molecule has 0 unspecified atom stereocenters. The largest absolute Gasteiger partial charge is 0.493 e. The van der Waals surface area contributed by atoms with Gasteiger partial charge in [-0.15, -0.1) is 0 Å². The van der Waals surface area contributed by atoms with Gasteiger partial charge >= 0.3 is 0 Å². The van der Waals surface area contributed by atoms with Gasteiger partial charge in [0.2, 0.25) is 0 Å². The standard InChI is InChI=1S/C21H26O4S/c1-17-7-13-21(14-8-17)26(22,23)25-15-3-6-18-9-11-20(12-10-18)24-16-19-4-2-5-19/h7-14,19H,2-6,15-16H2,1H3. The first kappa shape index (κ1) is 18.9. The van der Waals surface area contributed by atoms with Gasteiger partial charge in [-0.25, -0.2) is 0 Å². The van der Waals surface area contributed by atoms with Crippen LogP contribution in [0.3, 0.4) is 0 Å². The molecular formula is C21H26O4S. The second-order valence-electron chi connectivity index (χ2n) is 6.94. The third-order valence-electron chi connectivity index (χ3n) is 4.79. The molecule has 0 aliphatic heterocycles. The van der Waals surface area contributed by atoms with Gasteiger partial charge in [0.1, 0.15) is 5.75 Å². The highest BCUT2D eigenvalue weighted by Gasteiger charge is 2.17. The van der Waals surface area contributed by atoms with Crippen molar-refractivity contribution >= 4 is 10.1 Å².